The van der Waals surface area contributed by atoms with E-state index >= 15 is 0 Å². The van der Waals surface area contributed by atoms with Crippen molar-refractivity contribution < 1.29 is 19.5 Å². The van der Waals surface area contributed by atoms with Gasteiger partial charge in [-0.15, -0.1) is 11.3 Å². The standard InChI is InChI=1S/C9H12N4O4S/c10-7(14)1-6(8(15)16)13-9(17)11-2-5-3-18-4-12-5/h3-4,6H,1-2H2,(H2,10,14)(H,15,16)(H2,11,13,17). The minimum atomic E-state index is -1.34. The lowest BCUT2D eigenvalue weighted by molar-refractivity contribution is -0.140. The summed E-state index contributed by atoms with van der Waals surface area (Å²) in [6.45, 7) is 0.179. The fourth-order valence-corrected chi connectivity index (χ4v) is 1.66. The van der Waals surface area contributed by atoms with Crippen molar-refractivity contribution in [2.75, 3.05) is 0 Å². The third-order valence-electron chi connectivity index (χ3n) is 1.92. The van der Waals surface area contributed by atoms with Gasteiger partial charge in [-0.1, -0.05) is 0 Å². The predicted molar refractivity (Wildman–Crippen MR) is 62.7 cm³/mol. The van der Waals surface area contributed by atoms with E-state index in [0.717, 1.165) is 0 Å². The summed E-state index contributed by atoms with van der Waals surface area (Å²) in [4.78, 5) is 36.7. The second-order valence-electron chi connectivity index (χ2n) is 3.37. The molecule has 0 aliphatic carbocycles. The van der Waals surface area contributed by atoms with E-state index in [1.54, 1.807) is 10.9 Å². The Bertz CT molecular complexity index is 434. The summed E-state index contributed by atoms with van der Waals surface area (Å²) in [6, 6.07) is -2.03. The van der Waals surface area contributed by atoms with Gasteiger partial charge in [0, 0.05) is 5.38 Å². The number of carboxylic acids is 1. The minimum Gasteiger partial charge on any atom is -0.480 e. The predicted octanol–water partition coefficient (Wildman–Crippen LogP) is -0.729. The number of urea groups is 1. The average molecular weight is 272 g/mol. The molecule has 0 radical (unpaired) electrons. The van der Waals surface area contributed by atoms with Crippen molar-refractivity contribution in [2.45, 2.75) is 19.0 Å². The molecule has 9 heteroatoms. The maximum Gasteiger partial charge on any atom is 0.326 e. The number of nitrogens with one attached hydrogen (secondary N) is 2. The minimum absolute atomic E-state index is 0.179. The van der Waals surface area contributed by atoms with Gasteiger partial charge in [0.1, 0.15) is 6.04 Å². The van der Waals surface area contributed by atoms with Crippen LogP contribution in [0.15, 0.2) is 10.9 Å². The van der Waals surface area contributed by atoms with Crippen molar-refractivity contribution in [3.63, 3.8) is 0 Å². The number of thiazole rings is 1. The first-order chi connectivity index (χ1) is 8.49. The fraction of sp³-hybridized carbons (Fsp3) is 0.333. The Morgan fingerprint density at radius 1 is 1.50 bits per heavy atom. The van der Waals surface area contributed by atoms with E-state index in [4.69, 9.17) is 10.8 Å². The van der Waals surface area contributed by atoms with Crippen LogP contribution in [0.25, 0.3) is 0 Å². The number of carbonyl (C=O) groups is 3. The van der Waals surface area contributed by atoms with Gasteiger partial charge >= 0.3 is 12.0 Å². The number of carbonyl (C=O) groups excluding carboxylic acids is 2. The van der Waals surface area contributed by atoms with Crippen molar-refractivity contribution >= 4 is 29.2 Å². The van der Waals surface area contributed by atoms with Crippen molar-refractivity contribution in [2.24, 2.45) is 5.73 Å². The van der Waals surface area contributed by atoms with Crippen LogP contribution in [-0.4, -0.2) is 34.0 Å². The number of hydrogen-bond acceptors (Lipinski definition) is 5. The molecule has 3 amide bonds. The monoisotopic (exact) mass is 272 g/mol. The molecule has 5 N–H and O–H groups in total. The number of aromatic nitrogens is 1. The zero-order valence-corrected chi connectivity index (χ0v) is 10.1. The number of carboxylic acid groups (broad SMARTS) is 1. The highest BCUT2D eigenvalue weighted by Gasteiger charge is 2.21. The Morgan fingerprint density at radius 2 is 2.22 bits per heavy atom. The highest BCUT2D eigenvalue weighted by molar-refractivity contribution is 7.07. The van der Waals surface area contributed by atoms with Crippen molar-refractivity contribution in [1.82, 2.24) is 15.6 Å². The lowest BCUT2D eigenvalue weighted by Crippen LogP contribution is -2.47. The van der Waals surface area contributed by atoms with Crippen LogP contribution in [0.5, 0.6) is 0 Å². The zero-order valence-electron chi connectivity index (χ0n) is 9.25. The largest absolute Gasteiger partial charge is 0.480 e. The number of hydrogen-bond donors (Lipinski definition) is 4. The molecule has 0 aromatic carbocycles. The second-order valence-corrected chi connectivity index (χ2v) is 4.09. The van der Waals surface area contributed by atoms with Gasteiger partial charge in [0.15, 0.2) is 0 Å². The molecule has 1 aromatic heterocycles. The summed E-state index contributed by atoms with van der Waals surface area (Å²) in [5, 5.41) is 15.1. The fourth-order valence-electron chi connectivity index (χ4n) is 1.11. The number of aliphatic carboxylic acids is 1. The van der Waals surface area contributed by atoms with Crippen LogP contribution >= 0.6 is 11.3 Å². The zero-order chi connectivity index (χ0) is 13.5. The number of nitrogens with zero attached hydrogens (tertiary/aromatic N) is 1. The SMILES string of the molecule is NC(=O)CC(NC(=O)NCc1cscn1)C(=O)O. The van der Waals surface area contributed by atoms with Crippen LogP contribution in [0, 0.1) is 0 Å². The van der Waals surface area contributed by atoms with Gasteiger partial charge in [-0.2, -0.15) is 0 Å². The summed E-state index contributed by atoms with van der Waals surface area (Å²) < 4.78 is 0. The van der Waals surface area contributed by atoms with Gasteiger partial charge in [-0.25, -0.2) is 14.6 Å². The normalized spacial score (nSPS) is 11.6. The molecule has 0 saturated carbocycles. The summed E-state index contributed by atoms with van der Waals surface area (Å²) in [5.74, 6) is -2.13. The summed E-state index contributed by atoms with van der Waals surface area (Å²) in [6.07, 6.45) is -0.459. The smallest absolute Gasteiger partial charge is 0.326 e. The molecule has 0 aliphatic heterocycles. The Balaban J connectivity index is 2.41. The molecule has 18 heavy (non-hydrogen) atoms. The molecule has 0 fully saturated rings. The van der Waals surface area contributed by atoms with E-state index in [-0.39, 0.29) is 6.54 Å². The molecule has 1 rings (SSSR count). The van der Waals surface area contributed by atoms with Gasteiger partial charge in [0.2, 0.25) is 5.91 Å². The molecule has 0 aliphatic rings. The second kappa shape index (κ2) is 6.55. The summed E-state index contributed by atoms with van der Waals surface area (Å²) in [5.41, 5.74) is 7.15. The Hall–Kier alpha value is -2.16. The number of primary amides is 1. The Kier molecular flexibility index (Phi) is 5.06. The third-order valence-corrected chi connectivity index (χ3v) is 2.56. The summed E-state index contributed by atoms with van der Waals surface area (Å²) in [7, 11) is 0. The van der Waals surface area contributed by atoms with Gasteiger partial charge < -0.3 is 21.5 Å². The molecular weight excluding hydrogens is 260 g/mol. The summed E-state index contributed by atoms with van der Waals surface area (Å²) >= 11 is 1.38. The van der Waals surface area contributed by atoms with E-state index < -0.39 is 30.4 Å². The Labute approximate surface area is 106 Å². The Morgan fingerprint density at radius 3 is 2.72 bits per heavy atom. The lowest BCUT2D eigenvalue weighted by atomic mass is 10.2. The number of rotatable bonds is 6. The lowest BCUT2D eigenvalue weighted by Gasteiger charge is -2.13. The van der Waals surface area contributed by atoms with E-state index in [0.29, 0.717) is 5.69 Å². The van der Waals surface area contributed by atoms with Crippen LogP contribution in [0.2, 0.25) is 0 Å². The molecule has 0 saturated heterocycles. The van der Waals surface area contributed by atoms with Gasteiger partial charge in [0.25, 0.3) is 0 Å². The van der Waals surface area contributed by atoms with Crippen LogP contribution in [0.1, 0.15) is 12.1 Å². The van der Waals surface area contributed by atoms with Crippen LogP contribution in [0.3, 0.4) is 0 Å². The third kappa shape index (κ3) is 4.78. The first kappa shape index (κ1) is 13.9. The molecule has 0 spiro atoms. The number of nitrogens with two attached hydrogens (primary N) is 1. The molecule has 1 aromatic rings. The molecular formula is C9H12N4O4S. The van der Waals surface area contributed by atoms with Crippen LogP contribution < -0.4 is 16.4 Å². The molecule has 0 bridgehead atoms. The molecule has 8 nitrogen and oxygen atoms in total. The first-order valence-corrected chi connectivity index (χ1v) is 5.86. The van der Waals surface area contributed by atoms with Gasteiger partial charge in [-0.05, 0) is 0 Å². The first-order valence-electron chi connectivity index (χ1n) is 4.91. The average Bonchev–Trinajstić information content (AvgIpc) is 2.77. The highest BCUT2D eigenvalue weighted by Crippen LogP contribution is 1.99. The molecule has 98 valence electrons. The van der Waals surface area contributed by atoms with Crippen LogP contribution in [0.4, 0.5) is 4.79 Å². The van der Waals surface area contributed by atoms with Crippen molar-refractivity contribution in [3.05, 3.63) is 16.6 Å². The van der Waals surface area contributed by atoms with Gasteiger partial charge in [0.05, 0.1) is 24.2 Å². The van der Waals surface area contributed by atoms with E-state index in [1.165, 1.54) is 11.3 Å². The molecule has 1 unspecified atom stereocenters. The molecule has 1 atom stereocenters. The van der Waals surface area contributed by atoms with Crippen molar-refractivity contribution in [1.29, 1.82) is 0 Å². The van der Waals surface area contributed by atoms with Crippen LogP contribution in [-0.2, 0) is 16.1 Å². The van der Waals surface area contributed by atoms with Crippen molar-refractivity contribution in [3.8, 4) is 0 Å². The van der Waals surface area contributed by atoms with Gasteiger partial charge in [-0.3, -0.25) is 4.79 Å². The number of amides is 3. The van der Waals surface area contributed by atoms with E-state index in [2.05, 4.69) is 15.6 Å². The topological polar surface area (TPSA) is 134 Å². The maximum absolute atomic E-state index is 11.4. The quantitative estimate of drug-likeness (QED) is 0.541. The molecule has 1 heterocycles. The van der Waals surface area contributed by atoms with E-state index in [1.807, 2.05) is 0 Å². The van der Waals surface area contributed by atoms with E-state index in [9.17, 15) is 14.4 Å². The highest BCUT2D eigenvalue weighted by atomic mass is 32.1. The maximum atomic E-state index is 11.4.